The van der Waals surface area contributed by atoms with E-state index in [1.54, 1.807) is 6.07 Å². The van der Waals surface area contributed by atoms with Crippen LogP contribution in [0, 0.1) is 6.92 Å². The lowest BCUT2D eigenvalue weighted by Crippen LogP contribution is -2.35. The number of anilines is 2. The summed E-state index contributed by atoms with van der Waals surface area (Å²) < 4.78 is 0.901. The number of aryl methyl sites for hydroxylation is 1. The zero-order valence-corrected chi connectivity index (χ0v) is 14.0. The molecule has 4 heteroatoms. The lowest BCUT2D eigenvalue weighted by Gasteiger charge is -2.25. The summed E-state index contributed by atoms with van der Waals surface area (Å²) >= 11 is 3.40. The third-order valence-electron chi connectivity index (χ3n) is 3.63. The molecule has 2 aromatic carbocycles. The Morgan fingerprint density at radius 3 is 2.38 bits per heavy atom. The predicted octanol–water partition coefficient (Wildman–Crippen LogP) is 4.26. The van der Waals surface area contributed by atoms with Gasteiger partial charge < -0.3 is 11.1 Å². The van der Waals surface area contributed by atoms with Crippen molar-refractivity contribution < 1.29 is 4.79 Å². The minimum Gasteiger partial charge on any atom is -0.397 e. The molecule has 0 atom stereocenters. The second-order valence-corrected chi connectivity index (χ2v) is 6.55. The van der Waals surface area contributed by atoms with Crippen molar-refractivity contribution in [1.82, 2.24) is 0 Å². The topological polar surface area (TPSA) is 55.1 Å². The van der Waals surface area contributed by atoms with E-state index in [1.807, 2.05) is 57.2 Å². The second-order valence-electron chi connectivity index (χ2n) is 5.63. The summed E-state index contributed by atoms with van der Waals surface area (Å²) in [6.07, 6.45) is 0. The molecule has 0 fully saturated rings. The van der Waals surface area contributed by atoms with Gasteiger partial charge in [0, 0.05) is 4.47 Å². The number of carbonyl (C=O) groups excluding carboxylic acids is 1. The summed E-state index contributed by atoms with van der Waals surface area (Å²) in [6, 6.07) is 13.4. The zero-order valence-electron chi connectivity index (χ0n) is 12.4. The van der Waals surface area contributed by atoms with E-state index in [9.17, 15) is 4.79 Å². The van der Waals surface area contributed by atoms with Crippen LogP contribution in [0.5, 0.6) is 0 Å². The summed E-state index contributed by atoms with van der Waals surface area (Å²) in [5.74, 6) is -0.0779. The van der Waals surface area contributed by atoms with Crippen molar-refractivity contribution in [3.8, 4) is 0 Å². The number of carbonyl (C=O) groups is 1. The van der Waals surface area contributed by atoms with Crippen molar-refractivity contribution in [2.45, 2.75) is 26.2 Å². The summed E-state index contributed by atoms with van der Waals surface area (Å²) in [5, 5.41) is 2.96. The molecule has 0 saturated heterocycles. The van der Waals surface area contributed by atoms with E-state index in [0.29, 0.717) is 11.4 Å². The highest BCUT2D eigenvalue weighted by Crippen LogP contribution is 2.31. The van der Waals surface area contributed by atoms with Crippen molar-refractivity contribution >= 4 is 33.2 Å². The van der Waals surface area contributed by atoms with E-state index in [-0.39, 0.29) is 5.91 Å². The van der Waals surface area contributed by atoms with Gasteiger partial charge in [0.2, 0.25) is 5.91 Å². The first-order valence-corrected chi connectivity index (χ1v) is 7.54. The molecule has 110 valence electrons. The SMILES string of the molecule is Cc1cc(Br)cc(N)c1NC(=O)C(C)(C)c1ccccc1. The van der Waals surface area contributed by atoms with Crippen molar-refractivity contribution in [3.05, 3.63) is 58.1 Å². The Balaban J connectivity index is 2.30. The molecule has 3 nitrogen and oxygen atoms in total. The number of hydrogen-bond donors (Lipinski definition) is 2. The first-order valence-electron chi connectivity index (χ1n) is 6.75. The van der Waals surface area contributed by atoms with Crippen molar-refractivity contribution in [1.29, 1.82) is 0 Å². The molecule has 0 aliphatic carbocycles. The Bertz CT molecular complexity index is 643. The quantitative estimate of drug-likeness (QED) is 0.816. The summed E-state index contributed by atoms with van der Waals surface area (Å²) in [4.78, 5) is 12.6. The molecule has 3 N–H and O–H groups in total. The molecule has 2 aromatic rings. The van der Waals surface area contributed by atoms with E-state index < -0.39 is 5.41 Å². The molecule has 21 heavy (non-hydrogen) atoms. The number of hydrogen-bond acceptors (Lipinski definition) is 2. The highest BCUT2D eigenvalue weighted by molar-refractivity contribution is 9.10. The van der Waals surface area contributed by atoms with Gasteiger partial charge in [0.05, 0.1) is 16.8 Å². The van der Waals surface area contributed by atoms with Gasteiger partial charge in [-0.2, -0.15) is 0 Å². The largest absolute Gasteiger partial charge is 0.397 e. The van der Waals surface area contributed by atoms with Crippen LogP contribution in [0.4, 0.5) is 11.4 Å². The summed E-state index contributed by atoms with van der Waals surface area (Å²) in [6.45, 7) is 5.73. The molecule has 2 rings (SSSR count). The first-order chi connectivity index (χ1) is 9.82. The molecule has 0 aromatic heterocycles. The predicted molar refractivity (Wildman–Crippen MR) is 91.4 cm³/mol. The number of rotatable bonds is 3. The number of nitrogens with one attached hydrogen (secondary N) is 1. The molecular formula is C17H19BrN2O. The van der Waals surface area contributed by atoms with Crippen LogP contribution in [0.15, 0.2) is 46.9 Å². The van der Waals surface area contributed by atoms with E-state index in [2.05, 4.69) is 21.2 Å². The van der Waals surface area contributed by atoms with E-state index in [1.165, 1.54) is 0 Å². The van der Waals surface area contributed by atoms with Gasteiger partial charge in [0.1, 0.15) is 0 Å². The normalized spacial score (nSPS) is 11.2. The molecule has 0 saturated carbocycles. The second kappa shape index (κ2) is 5.90. The lowest BCUT2D eigenvalue weighted by atomic mass is 9.83. The Kier molecular flexibility index (Phi) is 4.37. The smallest absolute Gasteiger partial charge is 0.234 e. The van der Waals surface area contributed by atoms with E-state index in [4.69, 9.17) is 5.73 Å². The zero-order chi connectivity index (χ0) is 15.6. The van der Waals surface area contributed by atoms with Gasteiger partial charge in [-0.05, 0) is 44.0 Å². The Morgan fingerprint density at radius 2 is 1.81 bits per heavy atom. The van der Waals surface area contributed by atoms with E-state index in [0.717, 1.165) is 15.6 Å². The van der Waals surface area contributed by atoms with Gasteiger partial charge in [0.15, 0.2) is 0 Å². The van der Waals surface area contributed by atoms with Gasteiger partial charge >= 0.3 is 0 Å². The van der Waals surface area contributed by atoms with Gasteiger partial charge in [-0.25, -0.2) is 0 Å². The van der Waals surface area contributed by atoms with Crippen LogP contribution in [-0.2, 0) is 10.2 Å². The summed E-state index contributed by atoms with van der Waals surface area (Å²) in [5.41, 5.74) is 8.50. The van der Waals surface area contributed by atoms with Gasteiger partial charge in [0.25, 0.3) is 0 Å². The number of benzene rings is 2. The van der Waals surface area contributed by atoms with Crippen LogP contribution in [0.1, 0.15) is 25.0 Å². The first kappa shape index (κ1) is 15.6. The van der Waals surface area contributed by atoms with Crippen LogP contribution in [0.2, 0.25) is 0 Å². The molecule has 0 unspecified atom stereocenters. The minimum atomic E-state index is -0.632. The van der Waals surface area contributed by atoms with Gasteiger partial charge in [-0.1, -0.05) is 46.3 Å². The van der Waals surface area contributed by atoms with Gasteiger partial charge in [-0.3, -0.25) is 4.79 Å². The van der Waals surface area contributed by atoms with Gasteiger partial charge in [-0.15, -0.1) is 0 Å². The molecule has 0 radical (unpaired) electrons. The maximum atomic E-state index is 12.6. The minimum absolute atomic E-state index is 0.0779. The number of nitrogens with two attached hydrogens (primary N) is 1. The molecular weight excluding hydrogens is 328 g/mol. The molecule has 0 heterocycles. The number of halogens is 1. The highest BCUT2D eigenvalue weighted by Gasteiger charge is 2.30. The fourth-order valence-corrected chi connectivity index (χ4v) is 2.79. The number of amides is 1. The fourth-order valence-electron chi connectivity index (χ4n) is 2.20. The molecule has 1 amide bonds. The number of nitrogen functional groups attached to an aromatic ring is 1. The third kappa shape index (κ3) is 3.27. The van der Waals surface area contributed by atoms with Crippen molar-refractivity contribution in [2.75, 3.05) is 11.1 Å². The summed E-state index contributed by atoms with van der Waals surface area (Å²) in [7, 11) is 0. The third-order valence-corrected chi connectivity index (χ3v) is 4.09. The average molecular weight is 347 g/mol. The molecule has 0 spiro atoms. The van der Waals surface area contributed by atoms with E-state index >= 15 is 0 Å². The molecule has 0 bridgehead atoms. The van der Waals surface area contributed by atoms with Crippen LogP contribution in [0.3, 0.4) is 0 Å². The maximum Gasteiger partial charge on any atom is 0.234 e. The highest BCUT2D eigenvalue weighted by atomic mass is 79.9. The molecule has 0 aliphatic heterocycles. The monoisotopic (exact) mass is 346 g/mol. The average Bonchev–Trinajstić information content (AvgIpc) is 2.43. The fraction of sp³-hybridized carbons (Fsp3) is 0.235. The van der Waals surface area contributed by atoms with Crippen LogP contribution in [0.25, 0.3) is 0 Å². The van der Waals surface area contributed by atoms with Crippen LogP contribution >= 0.6 is 15.9 Å². The van der Waals surface area contributed by atoms with Crippen molar-refractivity contribution in [2.24, 2.45) is 0 Å². The standard InChI is InChI=1S/C17H19BrN2O/c1-11-9-13(18)10-14(19)15(11)20-16(21)17(2,3)12-7-5-4-6-8-12/h4-10H,19H2,1-3H3,(H,20,21). The Labute approximate surface area is 133 Å². The van der Waals surface area contributed by atoms with Crippen molar-refractivity contribution in [3.63, 3.8) is 0 Å². The Hall–Kier alpha value is -1.81. The van der Waals surface area contributed by atoms with Crippen LogP contribution < -0.4 is 11.1 Å². The lowest BCUT2D eigenvalue weighted by molar-refractivity contribution is -0.120. The van der Waals surface area contributed by atoms with Crippen LogP contribution in [-0.4, -0.2) is 5.91 Å². The maximum absolute atomic E-state index is 12.6. The molecule has 0 aliphatic rings. The Morgan fingerprint density at radius 1 is 1.19 bits per heavy atom.